The average Bonchev–Trinajstić information content (AvgIpc) is 3.13. The minimum absolute atomic E-state index is 0.374. The molecule has 0 N–H and O–H groups in total. The van der Waals surface area contributed by atoms with Crippen LogP contribution in [0.5, 0.6) is 0 Å². The third-order valence-electron chi connectivity index (χ3n) is 8.94. The van der Waals surface area contributed by atoms with E-state index in [1.54, 1.807) is 0 Å². The first-order valence-corrected chi connectivity index (χ1v) is 15.9. The van der Waals surface area contributed by atoms with E-state index >= 15 is 0 Å². The highest BCUT2D eigenvalue weighted by atomic mass is 15.1. The Labute approximate surface area is 271 Å². The molecule has 0 amide bonds. The van der Waals surface area contributed by atoms with Crippen LogP contribution in [0.25, 0.3) is 21.9 Å². The molecule has 2 heteroatoms. The molecule has 0 radical (unpaired) electrons. The summed E-state index contributed by atoms with van der Waals surface area (Å²) >= 11 is 0. The SMILES string of the molecule is C1=CC2C=CC(N(c3ccccc3)c3ccc(-c4ccc(N(c5ccccc5)c5ccc6ccccc6c5)cc4)cc3)=CC2C=C1. The Morgan fingerprint density at radius 2 is 0.870 bits per heavy atom. The van der Waals surface area contributed by atoms with E-state index < -0.39 is 0 Å². The van der Waals surface area contributed by atoms with Gasteiger partial charge in [-0.05, 0) is 88.6 Å². The fraction of sp³-hybridized carbons (Fsp3) is 0.0455. The number of hydrogen-bond acceptors (Lipinski definition) is 2. The van der Waals surface area contributed by atoms with Gasteiger partial charge in [0.15, 0.2) is 0 Å². The summed E-state index contributed by atoms with van der Waals surface area (Å²) in [7, 11) is 0. The van der Waals surface area contributed by atoms with Crippen LogP contribution in [0.15, 0.2) is 200 Å². The molecule has 6 aromatic carbocycles. The number of fused-ring (bicyclic) bond motifs is 2. The largest absolute Gasteiger partial charge is 0.311 e. The fourth-order valence-electron chi connectivity index (χ4n) is 6.58. The number of anilines is 5. The quantitative estimate of drug-likeness (QED) is 0.182. The first-order valence-electron chi connectivity index (χ1n) is 15.9. The van der Waals surface area contributed by atoms with Gasteiger partial charge in [0.25, 0.3) is 0 Å². The normalized spacial score (nSPS) is 16.6. The summed E-state index contributed by atoms with van der Waals surface area (Å²) in [5.74, 6) is 0.801. The van der Waals surface area contributed by atoms with Crippen LogP contribution in [0.4, 0.5) is 28.4 Å². The smallest absolute Gasteiger partial charge is 0.0468 e. The number of para-hydroxylation sites is 2. The van der Waals surface area contributed by atoms with Crippen molar-refractivity contribution in [3.63, 3.8) is 0 Å². The molecule has 0 fully saturated rings. The Morgan fingerprint density at radius 3 is 1.52 bits per heavy atom. The van der Waals surface area contributed by atoms with E-state index in [0.29, 0.717) is 11.8 Å². The fourth-order valence-corrected chi connectivity index (χ4v) is 6.58. The minimum Gasteiger partial charge on any atom is -0.311 e. The molecule has 220 valence electrons. The van der Waals surface area contributed by atoms with Crippen LogP contribution in [0, 0.1) is 11.8 Å². The van der Waals surface area contributed by atoms with Crippen molar-refractivity contribution in [2.24, 2.45) is 11.8 Å². The monoisotopic (exact) mass is 590 g/mol. The van der Waals surface area contributed by atoms with Gasteiger partial charge in [-0.1, -0.05) is 127 Å². The molecule has 0 spiro atoms. The summed E-state index contributed by atoms with van der Waals surface area (Å²) in [5, 5.41) is 2.47. The molecule has 0 saturated heterocycles. The van der Waals surface area contributed by atoms with Crippen molar-refractivity contribution in [3.8, 4) is 11.1 Å². The predicted octanol–water partition coefficient (Wildman–Crippen LogP) is 11.9. The third kappa shape index (κ3) is 5.46. The molecule has 0 heterocycles. The maximum Gasteiger partial charge on any atom is 0.0468 e. The van der Waals surface area contributed by atoms with E-state index in [2.05, 4.69) is 204 Å². The van der Waals surface area contributed by atoms with E-state index in [9.17, 15) is 0 Å². The van der Waals surface area contributed by atoms with Gasteiger partial charge in [-0.15, -0.1) is 0 Å². The van der Waals surface area contributed by atoms with Gasteiger partial charge in [-0.2, -0.15) is 0 Å². The van der Waals surface area contributed by atoms with E-state index in [1.807, 2.05) is 0 Å². The predicted molar refractivity (Wildman–Crippen MR) is 195 cm³/mol. The standard InChI is InChI=1S/C44H34N2/c1-3-15-39(16-4-1)45(43-29-23-33-11-7-9-13-37(33)31-43)41-25-19-35(20-26-41)36-21-27-42(28-22-36)46(40-17-5-2-6-18-40)44-30-24-34-12-8-10-14-38(34)32-44/h1-33,37H. The first kappa shape index (κ1) is 27.7. The molecule has 0 aromatic heterocycles. The van der Waals surface area contributed by atoms with Gasteiger partial charge < -0.3 is 9.80 Å². The second kappa shape index (κ2) is 12.3. The lowest BCUT2D eigenvalue weighted by atomic mass is 9.84. The Bertz CT molecular complexity index is 2090. The third-order valence-corrected chi connectivity index (χ3v) is 8.94. The number of hydrogen-bond donors (Lipinski definition) is 0. The average molecular weight is 591 g/mol. The van der Waals surface area contributed by atoms with Gasteiger partial charge in [0.1, 0.15) is 0 Å². The lowest BCUT2D eigenvalue weighted by Crippen LogP contribution is -2.21. The van der Waals surface area contributed by atoms with Crippen molar-refractivity contribution in [1.29, 1.82) is 0 Å². The maximum absolute atomic E-state index is 2.39. The van der Waals surface area contributed by atoms with Crippen LogP contribution in [-0.2, 0) is 0 Å². The Morgan fingerprint density at radius 1 is 0.370 bits per heavy atom. The van der Waals surface area contributed by atoms with Crippen molar-refractivity contribution in [1.82, 2.24) is 0 Å². The van der Waals surface area contributed by atoms with Gasteiger partial charge in [0, 0.05) is 46.0 Å². The highest BCUT2D eigenvalue weighted by Gasteiger charge is 2.22. The molecule has 2 aliphatic carbocycles. The van der Waals surface area contributed by atoms with Crippen LogP contribution in [0.3, 0.4) is 0 Å². The lowest BCUT2D eigenvalue weighted by Gasteiger charge is -2.31. The van der Waals surface area contributed by atoms with Crippen LogP contribution in [0.2, 0.25) is 0 Å². The molecule has 2 aliphatic rings. The summed E-state index contributed by atoms with van der Waals surface area (Å²) in [6.45, 7) is 0. The second-order valence-corrected chi connectivity index (χ2v) is 11.8. The second-order valence-electron chi connectivity index (χ2n) is 11.8. The van der Waals surface area contributed by atoms with Crippen LogP contribution >= 0.6 is 0 Å². The van der Waals surface area contributed by atoms with E-state index in [1.165, 1.54) is 27.6 Å². The van der Waals surface area contributed by atoms with Crippen LogP contribution < -0.4 is 9.80 Å². The zero-order valence-electron chi connectivity index (χ0n) is 25.5. The van der Waals surface area contributed by atoms with Gasteiger partial charge in [0.2, 0.25) is 0 Å². The first-order chi connectivity index (χ1) is 22.8. The van der Waals surface area contributed by atoms with Gasteiger partial charge >= 0.3 is 0 Å². The number of benzene rings is 6. The minimum atomic E-state index is 0.374. The van der Waals surface area contributed by atoms with E-state index in [4.69, 9.17) is 0 Å². The molecule has 0 aliphatic heterocycles. The molecular formula is C44H34N2. The van der Waals surface area contributed by atoms with Crippen molar-refractivity contribution in [2.45, 2.75) is 0 Å². The summed E-state index contributed by atoms with van der Waals surface area (Å²) in [4.78, 5) is 4.68. The molecular weight excluding hydrogens is 556 g/mol. The molecule has 2 nitrogen and oxygen atoms in total. The highest BCUT2D eigenvalue weighted by molar-refractivity contribution is 5.89. The van der Waals surface area contributed by atoms with Gasteiger partial charge in [-0.3, -0.25) is 0 Å². The molecule has 0 saturated carbocycles. The van der Waals surface area contributed by atoms with Crippen molar-refractivity contribution < 1.29 is 0 Å². The highest BCUT2D eigenvalue weighted by Crippen LogP contribution is 2.39. The summed E-state index contributed by atoms with van der Waals surface area (Å²) in [6, 6.07) is 54.3. The topological polar surface area (TPSA) is 6.48 Å². The zero-order valence-corrected chi connectivity index (χ0v) is 25.5. The van der Waals surface area contributed by atoms with Crippen LogP contribution in [0.1, 0.15) is 0 Å². The Balaban J connectivity index is 1.11. The molecule has 0 bridgehead atoms. The maximum atomic E-state index is 2.39. The van der Waals surface area contributed by atoms with Gasteiger partial charge in [0.05, 0.1) is 0 Å². The van der Waals surface area contributed by atoms with E-state index in [0.717, 1.165) is 28.4 Å². The van der Waals surface area contributed by atoms with Crippen molar-refractivity contribution in [3.05, 3.63) is 200 Å². The van der Waals surface area contributed by atoms with Crippen LogP contribution in [-0.4, -0.2) is 0 Å². The lowest BCUT2D eigenvalue weighted by molar-refractivity contribution is 0.652. The summed E-state index contributed by atoms with van der Waals surface area (Å²) in [6.07, 6.45) is 15.8. The molecule has 6 aromatic rings. The van der Waals surface area contributed by atoms with Crippen molar-refractivity contribution >= 4 is 39.2 Å². The summed E-state index contributed by atoms with van der Waals surface area (Å²) < 4.78 is 0. The Hall–Kier alpha value is -5.86. The number of rotatable bonds is 7. The zero-order chi connectivity index (χ0) is 30.7. The van der Waals surface area contributed by atoms with Gasteiger partial charge in [-0.25, -0.2) is 0 Å². The molecule has 8 rings (SSSR count). The Kier molecular flexibility index (Phi) is 7.38. The molecule has 2 unspecified atom stereocenters. The van der Waals surface area contributed by atoms with Crippen molar-refractivity contribution in [2.75, 3.05) is 9.80 Å². The molecule has 2 atom stereocenters. The molecule has 46 heavy (non-hydrogen) atoms. The number of allylic oxidation sites excluding steroid dienone is 7. The number of nitrogens with zero attached hydrogens (tertiary/aromatic N) is 2. The van der Waals surface area contributed by atoms with E-state index in [-0.39, 0.29) is 0 Å². The summed E-state index contributed by atoms with van der Waals surface area (Å²) in [5.41, 5.74) is 9.26.